The summed E-state index contributed by atoms with van der Waals surface area (Å²) in [7, 11) is 0. The number of carbonyl (C=O) groups excluding carboxylic acids is 1. The van der Waals surface area contributed by atoms with E-state index in [1.54, 1.807) is 0 Å². The van der Waals surface area contributed by atoms with Crippen molar-refractivity contribution in [3.63, 3.8) is 0 Å². The van der Waals surface area contributed by atoms with Crippen LogP contribution in [0.4, 0.5) is 0 Å². The molecule has 0 radical (unpaired) electrons. The minimum Gasteiger partial charge on any atom is -0.465 e. The molecule has 168 valence electrons. The van der Waals surface area contributed by atoms with E-state index in [2.05, 4.69) is 20.8 Å². The average molecular weight is 397 g/mol. The first-order valence-corrected chi connectivity index (χ1v) is 12.6. The van der Waals surface area contributed by atoms with Crippen molar-refractivity contribution in [2.75, 3.05) is 6.61 Å². The van der Waals surface area contributed by atoms with Crippen LogP contribution in [0.1, 0.15) is 144 Å². The Balaban J connectivity index is 3.39. The van der Waals surface area contributed by atoms with Gasteiger partial charge in [-0.1, -0.05) is 117 Å². The zero-order valence-corrected chi connectivity index (χ0v) is 20.1. The van der Waals surface area contributed by atoms with Gasteiger partial charge in [-0.25, -0.2) is 0 Å². The Labute approximate surface area is 177 Å². The summed E-state index contributed by atoms with van der Waals surface area (Å²) in [6, 6.07) is 0. The fourth-order valence-electron chi connectivity index (χ4n) is 3.70. The van der Waals surface area contributed by atoms with Gasteiger partial charge in [0.05, 0.1) is 12.0 Å². The van der Waals surface area contributed by atoms with Crippen molar-refractivity contribution in [3.05, 3.63) is 0 Å². The van der Waals surface area contributed by atoms with Crippen molar-refractivity contribution in [1.29, 1.82) is 0 Å². The third kappa shape index (κ3) is 17.6. The highest BCUT2D eigenvalue weighted by atomic mass is 16.5. The highest BCUT2D eigenvalue weighted by molar-refractivity contribution is 5.75. The van der Waals surface area contributed by atoms with Gasteiger partial charge in [0, 0.05) is 0 Å². The van der Waals surface area contributed by atoms with Crippen LogP contribution in [0.5, 0.6) is 0 Å². The van der Waals surface area contributed by atoms with Crippen LogP contribution in [-0.2, 0) is 9.53 Å². The van der Waals surface area contributed by atoms with Crippen LogP contribution in [0.15, 0.2) is 0 Å². The van der Waals surface area contributed by atoms with E-state index >= 15 is 0 Å². The van der Waals surface area contributed by atoms with E-state index in [9.17, 15) is 4.79 Å². The van der Waals surface area contributed by atoms with Crippen molar-refractivity contribution in [1.82, 2.24) is 0 Å². The molecule has 0 N–H and O–H groups in total. The fourth-order valence-corrected chi connectivity index (χ4v) is 3.70. The van der Waals surface area contributed by atoms with Crippen LogP contribution in [0.2, 0.25) is 0 Å². The SMILES string of the molecule is CCCCCCC(C)(C)C(=O)OCCCCCCCCCCCCCC(C)C. The maximum absolute atomic E-state index is 12.2. The Kier molecular flexibility index (Phi) is 18.1. The number of rotatable bonds is 20. The lowest BCUT2D eigenvalue weighted by Crippen LogP contribution is -2.27. The molecule has 0 aromatic heterocycles. The van der Waals surface area contributed by atoms with Crippen molar-refractivity contribution >= 4 is 5.97 Å². The molecule has 0 saturated carbocycles. The summed E-state index contributed by atoms with van der Waals surface area (Å²) < 4.78 is 5.53. The summed E-state index contributed by atoms with van der Waals surface area (Å²) >= 11 is 0. The molecule has 0 aromatic carbocycles. The molecule has 0 saturated heterocycles. The Morgan fingerprint density at radius 3 is 1.68 bits per heavy atom. The summed E-state index contributed by atoms with van der Waals surface area (Å²) in [5.41, 5.74) is -0.317. The Hall–Kier alpha value is -0.530. The molecule has 0 aliphatic carbocycles. The Bertz CT molecular complexity index is 346. The van der Waals surface area contributed by atoms with Crippen LogP contribution in [0.3, 0.4) is 0 Å². The van der Waals surface area contributed by atoms with Gasteiger partial charge in [0.25, 0.3) is 0 Å². The zero-order chi connectivity index (χ0) is 21.1. The van der Waals surface area contributed by atoms with Gasteiger partial charge >= 0.3 is 5.97 Å². The second kappa shape index (κ2) is 18.5. The van der Waals surface area contributed by atoms with Crippen molar-refractivity contribution in [3.8, 4) is 0 Å². The quantitative estimate of drug-likeness (QED) is 0.152. The van der Waals surface area contributed by atoms with Gasteiger partial charge in [0.2, 0.25) is 0 Å². The molecule has 0 aliphatic rings. The lowest BCUT2D eigenvalue weighted by Gasteiger charge is -2.22. The normalized spacial score (nSPS) is 11.9. The molecule has 0 amide bonds. The summed E-state index contributed by atoms with van der Waals surface area (Å²) in [6.07, 6.45) is 21.9. The van der Waals surface area contributed by atoms with E-state index < -0.39 is 0 Å². The third-order valence-corrected chi connectivity index (χ3v) is 5.87. The smallest absolute Gasteiger partial charge is 0.311 e. The second-order valence-corrected chi connectivity index (χ2v) is 9.90. The molecule has 0 bridgehead atoms. The Morgan fingerprint density at radius 1 is 0.714 bits per heavy atom. The monoisotopic (exact) mass is 396 g/mol. The molecule has 0 unspecified atom stereocenters. The van der Waals surface area contributed by atoms with Gasteiger partial charge in [-0.05, 0) is 32.6 Å². The van der Waals surface area contributed by atoms with E-state index in [1.165, 1.54) is 89.9 Å². The second-order valence-electron chi connectivity index (χ2n) is 9.90. The first-order chi connectivity index (χ1) is 13.4. The maximum Gasteiger partial charge on any atom is 0.311 e. The number of hydrogen-bond acceptors (Lipinski definition) is 2. The van der Waals surface area contributed by atoms with Gasteiger partial charge in [-0.2, -0.15) is 0 Å². The number of carbonyl (C=O) groups is 1. The van der Waals surface area contributed by atoms with E-state index in [-0.39, 0.29) is 11.4 Å². The van der Waals surface area contributed by atoms with Crippen LogP contribution in [-0.4, -0.2) is 12.6 Å². The molecule has 2 nitrogen and oxygen atoms in total. The van der Waals surface area contributed by atoms with Crippen LogP contribution in [0.25, 0.3) is 0 Å². The number of ether oxygens (including phenoxy) is 1. The highest BCUT2D eigenvalue weighted by Gasteiger charge is 2.28. The van der Waals surface area contributed by atoms with Gasteiger partial charge in [-0.3, -0.25) is 4.79 Å². The van der Waals surface area contributed by atoms with E-state index in [0.29, 0.717) is 6.61 Å². The Morgan fingerprint density at radius 2 is 1.18 bits per heavy atom. The predicted molar refractivity (Wildman–Crippen MR) is 124 cm³/mol. The van der Waals surface area contributed by atoms with Crippen molar-refractivity contribution in [2.24, 2.45) is 11.3 Å². The molecule has 0 heterocycles. The first-order valence-electron chi connectivity index (χ1n) is 12.6. The summed E-state index contributed by atoms with van der Waals surface area (Å²) in [4.78, 5) is 12.2. The molecule has 0 rings (SSSR count). The lowest BCUT2D eigenvalue weighted by molar-refractivity contribution is -0.154. The largest absolute Gasteiger partial charge is 0.465 e. The van der Waals surface area contributed by atoms with E-state index in [1.807, 2.05) is 13.8 Å². The van der Waals surface area contributed by atoms with Gasteiger partial charge in [-0.15, -0.1) is 0 Å². The third-order valence-electron chi connectivity index (χ3n) is 5.87. The highest BCUT2D eigenvalue weighted by Crippen LogP contribution is 2.26. The summed E-state index contributed by atoms with van der Waals surface area (Å²) in [5, 5.41) is 0. The summed E-state index contributed by atoms with van der Waals surface area (Å²) in [6.45, 7) is 11.5. The van der Waals surface area contributed by atoms with E-state index in [0.717, 1.165) is 25.2 Å². The standard InChI is InChI=1S/C26H52O2/c1-6-7-8-19-22-26(4,5)25(27)28-23-20-17-15-13-11-9-10-12-14-16-18-21-24(2)3/h24H,6-23H2,1-5H3. The molecular weight excluding hydrogens is 344 g/mol. The van der Waals surface area contributed by atoms with Crippen molar-refractivity contribution < 1.29 is 9.53 Å². The molecular formula is C26H52O2. The molecule has 0 spiro atoms. The minimum atomic E-state index is -0.317. The fraction of sp³-hybridized carbons (Fsp3) is 0.962. The number of unbranched alkanes of at least 4 members (excludes halogenated alkanes) is 13. The minimum absolute atomic E-state index is 0.00241. The summed E-state index contributed by atoms with van der Waals surface area (Å²) in [5.74, 6) is 0.864. The molecule has 0 fully saturated rings. The number of esters is 1. The zero-order valence-electron chi connectivity index (χ0n) is 20.1. The van der Waals surface area contributed by atoms with Crippen LogP contribution in [0, 0.1) is 11.3 Å². The maximum atomic E-state index is 12.2. The van der Waals surface area contributed by atoms with Gasteiger partial charge in [0.1, 0.15) is 0 Å². The first kappa shape index (κ1) is 27.5. The molecule has 2 heteroatoms. The topological polar surface area (TPSA) is 26.3 Å². The molecule has 0 aromatic rings. The number of hydrogen-bond donors (Lipinski definition) is 0. The van der Waals surface area contributed by atoms with Crippen LogP contribution >= 0.6 is 0 Å². The molecule has 0 atom stereocenters. The molecule has 28 heavy (non-hydrogen) atoms. The predicted octanol–water partition coefficient (Wildman–Crippen LogP) is 8.86. The van der Waals surface area contributed by atoms with Gasteiger partial charge in [0.15, 0.2) is 0 Å². The lowest BCUT2D eigenvalue weighted by atomic mass is 9.87. The average Bonchev–Trinajstić information content (AvgIpc) is 2.65. The van der Waals surface area contributed by atoms with Crippen molar-refractivity contribution in [2.45, 2.75) is 144 Å². The van der Waals surface area contributed by atoms with E-state index in [4.69, 9.17) is 4.74 Å². The van der Waals surface area contributed by atoms with Crippen LogP contribution < -0.4 is 0 Å². The molecule has 0 aliphatic heterocycles. The van der Waals surface area contributed by atoms with Gasteiger partial charge < -0.3 is 4.74 Å².